The van der Waals surface area contributed by atoms with E-state index < -0.39 is 0 Å². The first-order chi connectivity index (χ1) is 9.52. The summed E-state index contributed by atoms with van der Waals surface area (Å²) < 4.78 is 0. The number of hydrogen-bond donors (Lipinski definition) is 0. The third-order valence-electron chi connectivity index (χ3n) is 3.22. The summed E-state index contributed by atoms with van der Waals surface area (Å²) in [5.41, 5.74) is 2.66. The summed E-state index contributed by atoms with van der Waals surface area (Å²) in [7, 11) is 3.64. The van der Waals surface area contributed by atoms with Crippen LogP contribution >= 0.6 is 11.6 Å². The fourth-order valence-corrected chi connectivity index (χ4v) is 2.22. The lowest BCUT2D eigenvalue weighted by atomic mass is 9.95. The number of carbonyl (C=O) groups is 1. The van der Waals surface area contributed by atoms with E-state index in [2.05, 4.69) is 11.9 Å². The quantitative estimate of drug-likeness (QED) is 0.807. The molecule has 0 spiro atoms. The molecule has 0 radical (unpaired) electrons. The van der Waals surface area contributed by atoms with Gasteiger partial charge in [0.05, 0.1) is 10.6 Å². The highest BCUT2D eigenvalue weighted by Crippen LogP contribution is 2.19. The zero-order chi connectivity index (χ0) is 14.7. The number of halogens is 1. The van der Waals surface area contributed by atoms with Crippen LogP contribution in [0.1, 0.15) is 22.8 Å². The van der Waals surface area contributed by atoms with E-state index in [0.717, 1.165) is 17.4 Å². The van der Waals surface area contributed by atoms with Crippen LogP contribution in [0, 0.1) is 0 Å². The van der Waals surface area contributed by atoms with Crippen molar-refractivity contribution in [2.45, 2.75) is 13.3 Å². The molecular weight excluding hydrogens is 270 g/mol. The summed E-state index contributed by atoms with van der Waals surface area (Å²) in [6.07, 6.45) is 2.71. The average Bonchev–Trinajstić information content (AvgIpc) is 2.46. The van der Waals surface area contributed by atoms with Crippen LogP contribution < -0.4 is 10.4 Å². The molecule has 0 N–H and O–H groups in total. The van der Waals surface area contributed by atoms with Crippen LogP contribution in [0.2, 0.25) is 5.02 Å². The normalized spacial score (nSPS) is 10.3. The molecule has 1 heterocycles. The Morgan fingerprint density at radius 1 is 1.35 bits per heavy atom. The molecule has 0 aliphatic carbocycles. The second-order valence-electron chi connectivity index (χ2n) is 4.73. The van der Waals surface area contributed by atoms with Crippen molar-refractivity contribution in [3.8, 4) is 0 Å². The fourth-order valence-electron chi connectivity index (χ4n) is 1.90. The number of nitrogens with zero attached hydrogens (tertiary/aromatic N) is 2. The van der Waals surface area contributed by atoms with Gasteiger partial charge in [0.15, 0.2) is 0 Å². The van der Waals surface area contributed by atoms with Crippen molar-refractivity contribution in [3.05, 3.63) is 52.7 Å². The van der Waals surface area contributed by atoms with Gasteiger partial charge in [-0.25, -0.2) is 4.98 Å². The standard InChI is InChI=1S/C15H16BClN2O/c1-3-10-4-7-14(18-9-10)19(2)15(20)12-6-5-11(16)8-13(12)17/h4-9H,3,16H2,1-2H3. The molecule has 5 heteroatoms. The van der Waals surface area contributed by atoms with Gasteiger partial charge < -0.3 is 0 Å². The van der Waals surface area contributed by atoms with Crippen molar-refractivity contribution in [1.82, 2.24) is 4.98 Å². The summed E-state index contributed by atoms with van der Waals surface area (Å²) in [6.45, 7) is 2.07. The zero-order valence-corrected chi connectivity index (χ0v) is 12.6. The Morgan fingerprint density at radius 3 is 2.65 bits per heavy atom. The predicted octanol–water partition coefficient (Wildman–Crippen LogP) is 1.83. The van der Waals surface area contributed by atoms with Gasteiger partial charge in [-0.1, -0.05) is 36.1 Å². The van der Waals surface area contributed by atoms with Crippen LogP contribution in [0.3, 0.4) is 0 Å². The van der Waals surface area contributed by atoms with Crippen LogP contribution in [-0.2, 0) is 6.42 Å². The second-order valence-corrected chi connectivity index (χ2v) is 5.13. The van der Waals surface area contributed by atoms with E-state index in [1.807, 2.05) is 26.0 Å². The maximum Gasteiger partial charge on any atom is 0.260 e. The number of carbonyl (C=O) groups excluding carboxylic acids is 1. The number of rotatable bonds is 3. The second kappa shape index (κ2) is 6.10. The lowest BCUT2D eigenvalue weighted by Crippen LogP contribution is -2.27. The minimum Gasteiger partial charge on any atom is -0.296 e. The summed E-state index contributed by atoms with van der Waals surface area (Å²) >= 11 is 6.14. The minimum absolute atomic E-state index is 0.160. The summed E-state index contributed by atoms with van der Waals surface area (Å²) in [4.78, 5) is 18.2. The monoisotopic (exact) mass is 286 g/mol. The predicted molar refractivity (Wildman–Crippen MR) is 86.0 cm³/mol. The van der Waals surface area contributed by atoms with Crippen molar-refractivity contribution in [2.75, 3.05) is 11.9 Å². The molecular formula is C15H16BClN2O. The Morgan fingerprint density at radius 2 is 2.10 bits per heavy atom. The lowest BCUT2D eigenvalue weighted by Gasteiger charge is -2.17. The molecule has 102 valence electrons. The van der Waals surface area contributed by atoms with Crippen molar-refractivity contribution in [2.24, 2.45) is 0 Å². The Kier molecular flexibility index (Phi) is 4.45. The molecule has 0 fully saturated rings. The van der Waals surface area contributed by atoms with Gasteiger partial charge in [0.1, 0.15) is 13.7 Å². The molecule has 0 saturated carbocycles. The van der Waals surface area contributed by atoms with E-state index in [9.17, 15) is 4.79 Å². The van der Waals surface area contributed by atoms with Gasteiger partial charge in [0.2, 0.25) is 0 Å². The number of aromatic nitrogens is 1. The Labute approximate surface area is 125 Å². The summed E-state index contributed by atoms with van der Waals surface area (Å²) in [5.74, 6) is 0.454. The van der Waals surface area contributed by atoms with Crippen LogP contribution in [0.25, 0.3) is 0 Å². The molecule has 3 nitrogen and oxygen atoms in total. The smallest absolute Gasteiger partial charge is 0.260 e. The average molecular weight is 287 g/mol. The molecule has 0 bridgehead atoms. The van der Waals surface area contributed by atoms with Crippen molar-refractivity contribution in [3.63, 3.8) is 0 Å². The molecule has 0 unspecified atom stereocenters. The first-order valence-corrected chi connectivity index (χ1v) is 6.90. The number of anilines is 1. The first kappa shape index (κ1) is 14.6. The maximum atomic E-state index is 12.4. The minimum atomic E-state index is -0.160. The van der Waals surface area contributed by atoms with Gasteiger partial charge in [-0.3, -0.25) is 9.69 Å². The van der Waals surface area contributed by atoms with Crippen LogP contribution in [0.5, 0.6) is 0 Å². The summed E-state index contributed by atoms with van der Waals surface area (Å²) in [6, 6.07) is 9.23. The number of benzene rings is 1. The van der Waals surface area contributed by atoms with Crippen LogP contribution in [0.4, 0.5) is 5.82 Å². The highest BCUT2D eigenvalue weighted by molar-refractivity contribution is 6.38. The molecule has 0 atom stereocenters. The van der Waals surface area contributed by atoms with Gasteiger partial charge in [0, 0.05) is 13.2 Å². The molecule has 0 saturated heterocycles. The van der Waals surface area contributed by atoms with Gasteiger partial charge in [-0.15, -0.1) is 0 Å². The first-order valence-electron chi connectivity index (χ1n) is 6.52. The van der Waals surface area contributed by atoms with Crippen molar-refractivity contribution < 1.29 is 4.79 Å². The third-order valence-corrected chi connectivity index (χ3v) is 3.53. The molecule has 0 aliphatic heterocycles. The lowest BCUT2D eigenvalue weighted by molar-refractivity contribution is 0.0992. The van der Waals surface area contributed by atoms with Crippen molar-refractivity contribution in [1.29, 1.82) is 0 Å². The van der Waals surface area contributed by atoms with E-state index in [1.54, 1.807) is 25.4 Å². The largest absolute Gasteiger partial charge is 0.296 e. The zero-order valence-electron chi connectivity index (χ0n) is 11.9. The number of hydrogen-bond acceptors (Lipinski definition) is 2. The summed E-state index contributed by atoms with van der Waals surface area (Å²) in [5, 5.41) is 0.465. The molecule has 2 rings (SSSR count). The van der Waals surface area contributed by atoms with Gasteiger partial charge in [-0.05, 0) is 30.2 Å². The van der Waals surface area contributed by atoms with Gasteiger partial charge >= 0.3 is 0 Å². The topological polar surface area (TPSA) is 33.2 Å². The number of amides is 1. The SMILES string of the molecule is Bc1ccc(C(=O)N(C)c2ccc(CC)cn2)c(Cl)c1. The van der Waals surface area contributed by atoms with Crippen LogP contribution in [0.15, 0.2) is 36.5 Å². The maximum absolute atomic E-state index is 12.4. The Bertz CT molecular complexity index is 628. The van der Waals surface area contributed by atoms with Crippen molar-refractivity contribution >= 4 is 36.6 Å². The highest BCUT2D eigenvalue weighted by atomic mass is 35.5. The molecule has 1 aromatic carbocycles. The highest BCUT2D eigenvalue weighted by Gasteiger charge is 2.17. The van der Waals surface area contributed by atoms with E-state index in [0.29, 0.717) is 16.4 Å². The van der Waals surface area contributed by atoms with Crippen LogP contribution in [-0.4, -0.2) is 25.8 Å². The molecule has 1 amide bonds. The molecule has 0 aliphatic rings. The van der Waals surface area contributed by atoms with E-state index in [4.69, 9.17) is 11.6 Å². The van der Waals surface area contributed by atoms with E-state index in [-0.39, 0.29) is 5.91 Å². The van der Waals surface area contributed by atoms with Gasteiger partial charge in [0.25, 0.3) is 5.91 Å². The van der Waals surface area contributed by atoms with Gasteiger partial charge in [-0.2, -0.15) is 0 Å². The third kappa shape index (κ3) is 3.02. The molecule has 20 heavy (non-hydrogen) atoms. The Balaban J connectivity index is 2.27. The number of pyridine rings is 1. The van der Waals surface area contributed by atoms with E-state index >= 15 is 0 Å². The molecule has 2 aromatic rings. The Hall–Kier alpha value is -1.81. The van der Waals surface area contributed by atoms with E-state index in [1.165, 1.54) is 4.90 Å². The fraction of sp³-hybridized carbons (Fsp3) is 0.200. The molecule has 1 aromatic heterocycles. The number of aryl methyl sites for hydroxylation is 1.